The van der Waals surface area contributed by atoms with Crippen molar-refractivity contribution in [3.05, 3.63) is 90.5 Å². The summed E-state index contributed by atoms with van der Waals surface area (Å²) in [5.41, 5.74) is 2.88. The molecular weight excluding hydrogens is 849 g/mol. The van der Waals surface area contributed by atoms with Gasteiger partial charge in [0, 0.05) is 49.0 Å². The van der Waals surface area contributed by atoms with Gasteiger partial charge < -0.3 is 39.3 Å². The molecule has 3 aromatic rings. The van der Waals surface area contributed by atoms with Crippen LogP contribution < -0.4 is 14.8 Å². The SMILES string of the molecule is C=CCOC12Oc3ccc(OC(=O)NCCCCCCCCCCCC)cc3C3C(CCCCO)C(CCCCO)C=C(C(=NOC4CCCCO4)CC1Sc1ccc4ccccc4c1)C32. The van der Waals surface area contributed by atoms with Crippen LogP contribution in [0.1, 0.15) is 147 Å². The number of oxime groups is 1. The Morgan fingerprint density at radius 1 is 0.894 bits per heavy atom. The largest absolute Gasteiger partial charge is 0.460 e. The lowest BCUT2D eigenvalue weighted by atomic mass is 9.56. The molecule has 0 radical (unpaired) electrons. The van der Waals surface area contributed by atoms with E-state index in [0.717, 1.165) is 84.9 Å². The second kappa shape index (κ2) is 26.0. The molecule has 2 aliphatic carbocycles. The maximum Gasteiger partial charge on any atom is 0.412 e. The molecule has 0 bridgehead atoms. The van der Waals surface area contributed by atoms with Crippen LogP contribution in [0.15, 0.2) is 95.0 Å². The number of hydrogen-bond donors (Lipinski definition) is 3. The summed E-state index contributed by atoms with van der Waals surface area (Å²) in [4.78, 5) is 20.8. The van der Waals surface area contributed by atoms with Gasteiger partial charge in [-0.1, -0.05) is 125 Å². The van der Waals surface area contributed by atoms with Gasteiger partial charge in [0.15, 0.2) is 0 Å². The van der Waals surface area contributed by atoms with Crippen molar-refractivity contribution < 1.29 is 38.8 Å². The number of hydrogen-bond acceptors (Lipinski definition) is 10. The quantitative estimate of drug-likeness (QED) is 0.0389. The molecule has 7 atom stereocenters. The molecule has 4 aliphatic rings. The Morgan fingerprint density at radius 2 is 1.65 bits per heavy atom. The summed E-state index contributed by atoms with van der Waals surface area (Å²) < 4.78 is 26.6. The van der Waals surface area contributed by atoms with Gasteiger partial charge in [-0.15, -0.1) is 18.3 Å². The van der Waals surface area contributed by atoms with Gasteiger partial charge in [0.25, 0.3) is 0 Å². The summed E-state index contributed by atoms with van der Waals surface area (Å²) in [5, 5.41) is 30.0. The van der Waals surface area contributed by atoms with Crippen LogP contribution in [0, 0.1) is 17.8 Å². The first-order chi connectivity index (χ1) is 32.5. The zero-order valence-corrected chi connectivity index (χ0v) is 40.3. The summed E-state index contributed by atoms with van der Waals surface area (Å²) >= 11 is 1.75. The molecule has 0 spiro atoms. The second-order valence-corrected chi connectivity index (χ2v) is 20.0. The molecule has 1 saturated heterocycles. The van der Waals surface area contributed by atoms with E-state index in [1.54, 1.807) is 17.8 Å². The first kappa shape index (κ1) is 50.0. The van der Waals surface area contributed by atoms with Crippen LogP contribution in [0.25, 0.3) is 10.8 Å². The highest BCUT2D eigenvalue weighted by molar-refractivity contribution is 8.00. The van der Waals surface area contributed by atoms with Crippen molar-refractivity contribution in [3.8, 4) is 11.5 Å². The zero-order valence-electron chi connectivity index (χ0n) is 39.5. The Kier molecular flexibility index (Phi) is 19.7. The Labute approximate surface area is 398 Å². The van der Waals surface area contributed by atoms with E-state index in [4.69, 9.17) is 28.9 Å². The Hall–Kier alpha value is -3.87. The third-order valence-electron chi connectivity index (χ3n) is 14.0. The molecule has 10 nitrogen and oxygen atoms in total. The van der Waals surface area contributed by atoms with Crippen molar-refractivity contribution in [3.63, 3.8) is 0 Å². The van der Waals surface area contributed by atoms with Crippen LogP contribution >= 0.6 is 11.8 Å². The monoisotopic (exact) mass is 925 g/mol. The predicted octanol–water partition coefficient (Wildman–Crippen LogP) is 12.8. The molecular formula is C55H76N2O8S. The number of nitrogens with one attached hydrogen (secondary N) is 1. The Morgan fingerprint density at radius 3 is 2.39 bits per heavy atom. The number of benzene rings is 3. The summed E-state index contributed by atoms with van der Waals surface area (Å²) in [5.74, 6) is -0.183. The number of carbonyl (C=O) groups excluding carboxylic acids is 1. The number of thioether (sulfide) groups is 1. The minimum atomic E-state index is -1.14. The second-order valence-electron chi connectivity index (χ2n) is 18.8. The van der Waals surface area contributed by atoms with Crippen molar-refractivity contribution in [2.24, 2.45) is 22.9 Å². The Bertz CT molecular complexity index is 2050. The molecule has 11 heteroatoms. The molecule has 1 amide bonds. The van der Waals surface area contributed by atoms with Crippen LogP contribution in [0.4, 0.5) is 4.79 Å². The van der Waals surface area contributed by atoms with Crippen molar-refractivity contribution in [1.82, 2.24) is 5.32 Å². The number of aliphatic hydroxyl groups excluding tert-OH is 2. The van der Waals surface area contributed by atoms with Crippen molar-refractivity contribution in [1.29, 1.82) is 0 Å². The number of rotatable bonds is 27. The molecule has 7 unspecified atom stereocenters. The molecule has 7 rings (SSSR count). The molecule has 1 saturated carbocycles. The van der Waals surface area contributed by atoms with E-state index in [1.165, 1.54) is 56.8 Å². The average molecular weight is 925 g/mol. The first-order valence-corrected chi connectivity index (χ1v) is 26.3. The predicted molar refractivity (Wildman–Crippen MR) is 265 cm³/mol. The lowest BCUT2D eigenvalue weighted by Crippen LogP contribution is -2.64. The standard InChI is InChI=1S/C55H76N2O8S/c1-3-5-6-7-8-9-10-11-12-18-31-56-54(60)63-43-28-30-49-47(38-43)52-45(25-16-20-33-59)42(24-15-19-32-58)37-46-48(57-65-51-26-17-21-35-61-51)39-50(55(64-49,53(46)52)62-34-4-2)66-44-29-27-40-22-13-14-23-41(40)36-44/h4,13-14,22-23,27-30,36-38,42,45,50-53,58-59H,2-3,5-12,15-21,24-26,31-35,39H2,1H3,(H,56,60). The molecule has 2 heterocycles. The summed E-state index contributed by atoms with van der Waals surface area (Å²) in [6.07, 6.45) is 23.8. The molecule has 2 fully saturated rings. The zero-order chi connectivity index (χ0) is 46.0. The van der Waals surface area contributed by atoms with Gasteiger partial charge in [-0.2, -0.15) is 0 Å². The summed E-state index contributed by atoms with van der Waals surface area (Å²) in [6.45, 7) is 8.09. The Balaban J connectivity index is 1.23. The van der Waals surface area contributed by atoms with Gasteiger partial charge in [0.05, 0.1) is 30.1 Å². The van der Waals surface area contributed by atoms with Gasteiger partial charge in [-0.25, -0.2) is 4.79 Å². The highest BCUT2D eigenvalue weighted by Gasteiger charge is 2.64. The highest BCUT2D eigenvalue weighted by Crippen LogP contribution is 2.63. The number of ether oxygens (including phenoxy) is 4. The van der Waals surface area contributed by atoms with Gasteiger partial charge in [0.2, 0.25) is 12.1 Å². The molecule has 66 heavy (non-hydrogen) atoms. The number of fused-ring (bicyclic) bond motifs is 3. The normalized spacial score (nSPS) is 25.1. The molecule has 0 aromatic heterocycles. The van der Waals surface area contributed by atoms with E-state index >= 15 is 0 Å². The average Bonchev–Trinajstić information content (AvgIpc) is 3.34. The van der Waals surface area contributed by atoms with E-state index in [9.17, 15) is 15.0 Å². The van der Waals surface area contributed by atoms with Crippen LogP contribution in [0.2, 0.25) is 0 Å². The number of nitrogens with zero attached hydrogens (tertiary/aromatic N) is 1. The molecule has 2 aliphatic heterocycles. The van der Waals surface area contributed by atoms with Crippen molar-refractivity contribution >= 4 is 34.3 Å². The van der Waals surface area contributed by atoms with E-state index in [1.807, 2.05) is 18.2 Å². The first-order valence-electron chi connectivity index (χ1n) is 25.4. The third kappa shape index (κ3) is 13.0. The molecule has 360 valence electrons. The topological polar surface area (TPSA) is 128 Å². The van der Waals surface area contributed by atoms with Gasteiger partial charge in [-0.3, -0.25) is 0 Å². The smallest absolute Gasteiger partial charge is 0.412 e. The fourth-order valence-corrected chi connectivity index (χ4v) is 12.1. The van der Waals surface area contributed by atoms with Gasteiger partial charge in [0.1, 0.15) is 11.5 Å². The van der Waals surface area contributed by atoms with Crippen LogP contribution in [-0.2, 0) is 14.3 Å². The van der Waals surface area contributed by atoms with Crippen molar-refractivity contribution in [2.45, 2.75) is 163 Å². The van der Waals surface area contributed by atoms with E-state index in [2.05, 4.69) is 67.4 Å². The van der Waals surface area contributed by atoms with Gasteiger partial charge in [-0.05, 0) is 103 Å². The van der Waals surface area contributed by atoms with E-state index < -0.39 is 18.2 Å². The molecule has 3 aromatic carbocycles. The molecule has 3 N–H and O–H groups in total. The lowest BCUT2D eigenvalue weighted by Gasteiger charge is -2.58. The van der Waals surface area contributed by atoms with Crippen molar-refractivity contribution in [2.75, 3.05) is 33.0 Å². The summed E-state index contributed by atoms with van der Waals surface area (Å²) in [6, 6.07) is 20.8. The summed E-state index contributed by atoms with van der Waals surface area (Å²) in [7, 11) is 0. The van der Waals surface area contributed by atoms with E-state index in [-0.39, 0.29) is 48.7 Å². The number of aliphatic hydroxyl groups is 2. The maximum absolute atomic E-state index is 13.3. The minimum absolute atomic E-state index is 0.118. The highest BCUT2D eigenvalue weighted by atomic mass is 32.2. The number of unbranched alkanes of at least 4 members (excludes halogenated alkanes) is 11. The third-order valence-corrected chi connectivity index (χ3v) is 15.4. The number of allylic oxidation sites excluding steroid dienone is 1. The van der Waals surface area contributed by atoms with Crippen LogP contribution in [0.3, 0.4) is 0 Å². The van der Waals surface area contributed by atoms with Crippen LogP contribution in [-0.4, -0.2) is 72.3 Å². The maximum atomic E-state index is 13.3. The van der Waals surface area contributed by atoms with E-state index in [0.29, 0.717) is 43.9 Å². The minimum Gasteiger partial charge on any atom is -0.460 e. The fraction of sp³-hybridized carbons (Fsp3) is 0.600. The lowest BCUT2D eigenvalue weighted by molar-refractivity contribution is -0.223. The number of carbonyl (C=O) groups is 1. The fourth-order valence-electron chi connectivity index (χ4n) is 10.8. The van der Waals surface area contributed by atoms with Crippen LogP contribution in [0.5, 0.6) is 11.5 Å². The number of amides is 1. The van der Waals surface area contributed by atoms with Gasteiger partial charge >= 0.3 is 6.09 Å².